The zero-order valence-corrected chi connectivity index (χ0v) is 22.0. The van der Waals surface area contributed by atoms with Crippen molar-refractivity contribution in [3.63, 3.8) is 0 Å². The molecular weight excluding hydrogens is 502 g/mol. The summed E-state index contributed by atoms with van der Waals surface area (Å²) in [6.07, 6.45) is 4.00. The van der Waals surface area contributed by atoms with Crippen molar-refractivity contribution in [2.45, 2.75) is 25.7 Å². The fourth-order valence-electron chi connectivity index (χ4n) is 4.65. The Labute approximate surface area is 219 Å². The van der Waals surface area contributed by atoms with Crippen molar-refractivity contribution >= 4 is 52.4 Å². The predicted molar refractivity (Wildman–Crippen MR) is 144 cm³/mol. The van der Waals surface area contributed by atoms with Crippen LogP contribution >= 0.6 is 35.6 Å². The molecule has 2 aliphatic heterocycles. The maximum absolute atomic E-state index is 13.3. The van der Waals surface area contributed by atoms with Gasteiger partial charge in [-0.1, -0.05) is 36.0 Å². The highest BCUT2D eigenvalue weighted by atomic mass is 35.5. The van der Waals surface area contributed by atoms with Crippen molar-refractivity contribution in [3.05, 3.63) is 68.8 Å². The molecule has 0 saturated carbocycles. The largest absolute Gasteiger partial charge is 0.485 e. The van der Waals surface area contributed by atoms with E-state index in [0.29, 0.717) is 28.2 Å². The monoisotopic (exact) mass is 529 g/mol. The lowest BCUT2D eigenvalue weighted by Gasteiger charge is -2.30. The van der Waals surface area contributed by atoms with E-state index in [2.05, 4.69) is 33.2 Å². The van der Waals surface area contributed by atoms with Crippen LogP contribution in [-0.2, 0) is 24.4 Å². The molecule has 1 N–H and O–H groups in total. The van der Waals surface area contributed by atoms with Gasteiger partial charge in [0.2, 0.25) is 0 Å². The topological polar surface area (TPSA) is 55.7 Å². The maximum Gasteiger partial charge on any atom is 0.254 e. The van der Waals surface area contributed by atoms with Gasteiger partial charge in [0.05, 0.1) is 35.3 Å². The Hall–Kier alpha value is -2.10. The van der Waals surface area contributed by atoms with E-state index in [0.717, 1.165) is 66.4 Å². The number of ether oxygens (including phenoxy) is 2. The van der Waals surface area contributed by atoms with Crippen LogP contribution in [0.4, 0.5) is 0 Å². The second-order valence-electron chi connectivity index (χ2n) is 8.91. The van der Waals surface area contributed by atoms with E-state index in [-0.39, 0.29) is 12.0 Å². The normalized spacial score (nSPS) is 17.8. The molecule has 1 fully saturated rings. The average Bonchev–Trinajstić information content (AvgIpc) is 2.86. The number of aromatic nitrogens is 1. The first kappa shape index (κ1) is 24.6. The molecule has 5 rings (SSSR count). The van der Waals surface area contributed by atoms with Crippen molar-refractivity contribution in [1.29, 1.82) is 0 Å². The molecule has 0 spiro atoms. The van der Waals surface area contributed by atoms with Crippen LogP contribution in [0.2, 0.25) is 5.02 Å². The van der Waals surface area contributed by atoms with Crippen molar-refractivity contribution < 1.29 is 14.3 Å². The maximum atomic E-state index is 13.3. The summed E-state index contributed by atoms with van der Waals surface area (Å²) in [5, 5.41) is 4.58. The predicted octanol–water partition coefficient (Wildman–Crippen LogP) is 4.91. The molecular formula is C26H28ClN3O3S2. The number of hydrogen-bond acceptors (Lipinski definition) is 6. The fourth-order valence-corrected chi connectivity index (χ4v) is 5.62. The number of benzene rings is 2. The summed E-state index contributed by atoms with van der Waals surface area (Å²) in [5.74, 6) is 1.54. The minimum atomic E-state index is -0.177. The van der Waals surface area contributed by atoms with Gasteiger partial charge in [0, 0.05) is 48.5 Å². The van der Waals surface area contributed by atoms with Crippen LogP contribution < -0.4 is 10.1 Å². The first-order chi connectivity index (χ1) is 17.0. The summed E-state index contributed by atoms with van der Waals surface area (Å²) in [7, 11) is 0. The van der Waals surface area contributed by atoms with Gasteiger partial charge in [-0.25, -0.2) is 0 Å². The summed E-state index contributed by atoms with van der Waals surface area (Å²) < 4.78 is 14.6. The lowest BCUT2D eigenvalue weighted by atomic mass is 10.0. The molecule has 0 radical (unpaired) electrons. The third kappa shape index (κ3) is 5.52. The van der Waals surface area contributed by atoms with E-state index in [1.54, 1.807) is 11.8 Å². The van der Waals surface area contributed by atoms with Crippen LogP contribution in [-0.4, -0.2) is 59.8 Å². The molecule has 2 aliphatic rings. The zero-order chi connectivity index (χ0) is 24.4. The van der Waals surface area contributed by atoms with Crippen LogP contribution in [0.5, 0.6) is 5.75 Å². The van der Waals surface area contributed by atoms with Gasteiger partial charge in [-0.2, -0.15) is 11.8 Å². The van der Waals surface area contributed by atoms with Gasteiger partial charge in [-0.15, -0.1) is 0 Å². The van der Waals surface area contributed by atoms with Gasteiger partial charge in [-0.05, 0) is 41.6 Å². The van der Waals surface area contributed by atoms with Gasteiger partial charge >= 0.3 is 0 Å². The number of carbonyl (C=O) groups excluding carboxylic acids is 1. The number of halogens is 1. The number of hydrogen-bond donors (Lipinski definition) is 1. The van der Waals surface area contributed by atoms with Gasteiger partial charge in [0.25, 0.3) is 5.91 Å². The summed E-state index contributed by atoms with van der Waals surface area (Å²) in [6.45, 7) is 5.18. The zero-order valence-electron chi connectivity index (χ0n) is 19.6. The smallest absolute Gasteiger partial charge is 0.254 e. The summed E-state index contributed by atoms with van der Waals surface area (Å²) in [4.78, 5) is 15.6. The lowest BCUT2D eigenvalue weighted by Crippen LogP contribution is -2.35. The molecule has 2 aromatic carbocycles. The Balaban J connectivity index is 1.50. The molecule has 0 bridgehead atoms. The van der Waals surface area contributed by atoms with E-state index in [1.807, 2.05) is 30.5 Å². The number of nitrogens with zero attached hydrogens (tertiary/aromatic N) is 2. The Morgan fingerprint density at radius 1 is 1.20 bits per heavy atom. The summed E-state index contributed by atoms with van der Waals surface area (Å²) in [5.41, 5.74) is 3.59. The molecule has 6 nitrogen and oxygen atoms in total. The highest BCUT2D eigenvalue weighted by molar-refractivity contribution is 7.98. The van der Waals surface area contributed by atoms with Crippen LogP contribution in [0, 0.1) is 4.51 Å². The number of pyridine rings is 1. The first-order valence-corrected chi connectivity index (χ1v) is 13.9. The van der Waals surface area contributed by atoms with Crippen LogP contribution in [0.3, 0.4) is 0 Å². The first-order valence-electron chi connectivity index (χ1n) is 11.7. The number of nitrogens with one attached hydrogen (secondary N) is 1. The van der Waals surface area contributed by atoms with E-state index in [4.69, 9.17) is 33.3 Å². The molecule has 1 saturated heterocycles. The van der Waals surface area contributed by atoms with Crippen molar-refractivity contribution in [3.8, 4) is 5.75 Å². The molecule has 9 heteroatoms. The molecule has 35 heavy (non-hydrogen) atoms. The van der Waals surface area contributed by atoms with E-state index in [9.17, 15) is 4.79 Å². The van der Waals surface area contributed by atoms with Crippen molar-refractivity contribution in [1.82, 2.24) is 14.8 Å². The average molecular weight is 530 g/mol. The number of thioether (sulfide) groups is 1. The molecule has 3 aromatic rings. The molecule has 1 unspecified atom stereocenters. The second kappa shape index (κ2) is 10.9. The second-order valence-corrected chi connectivity index (χ2v) is 10.7. The molecule has 1 aromatic heterocycles. The van der Waals surface area contributed by atoms with E-state index in [1.165, 1.54) is 0 Å². The minimum Gasteiger partial charge on any atom is -0.485 e. The lowest BCUT2D eigenvalue weighted by molar-refractivity contribution is 0.0341. The summed E-state index contributed by atoms with van der Waals surface area (Å²) >= 11 is 13.6. The van der Waals surface area contributed by atoms with Crippen LogP contribution in [0.15, 0.2) is 42.6 Å². The van der Waals surface area contributed by atoms with Crippen LogP contribution in [0.25, 0.3) is 10.9 Å². The number of morpholine rings is 1. The molecule has 184 valence electrons. The number of carbonyl (C=O) groups is 1. The number of rotatable bonds is 7. The highest BCUT2D eigenvalue weighted by Gasteiger charge is 2.25. The van der Waals surface area contributed by atoms with E-state index >= 15 is 0 Å². The quantitative estimate of drug-likeness (QED) is 0.439. The third-order valence-electron chi connectivity index (χ3n) is 6.36. The third-order valence-corrected chi connectivity index (χ3v) is 7.76. The standard InChI is InChI=1S/C26H28ClN3O3S2/c1-35-16-20-14-30-15-22(26(31)28-12-17-2-4-19(27)5-3-17)25(34)21-10-18(11-23(33-20)24(21)30)13-29-6-8-32-9-7-29/h2-5,10-11,15,20H,6-9,12-14,16H2,1H3,(H,28,31). The van der Waals surface area contributed by atoms with Gasteiger partial charge in [0.1, 0.15) is 11.9 Å². The Bertz CT molecular complexity index is 1290. The Morgan fingerprint density at radius 3 is 2.71 bits per heavy atom. The van der Waals surface area contributed by atoms with Crippen molar-refractivity contribution in [2.75, 3.05) is 38.3 Å². The van der Waals surface area contributed by atoms with Crippen LogP contribution in [0.1, 0.15) is 21.5 Å². The Morgan fingerprint density at radius 2 is 1.97 bits per heavy atom. The molecule has 0 aliphatic carbocycles. The highest BCUT2D eigenvalue weighted by Crippen LogP contribution is 2.35. The molecule has 1 atom stereocenters. The Kier molecular flexibility index (Phi) is 7.65. The van der Waals surface area contributed by atoms with Gasteiger partial charge in [0.15, 0.2) is 0 Å². The fraction of sp³-hybridized carbons (Fsp3) is 0.385. The van der Waals surface area contributed by atoms with E-state index < -0.39 is 0 Å². The van der Waals surface area contributed by atoms with Gasteiger partial charge in [-0.3, -0.25) is 9.69 Å². The van der Waals surface area contributed by atoms with Gasteiger partial charge < -0.3 is 19.4 Å². The SMILES string of the molecule is CSCC1Cn2cc(C(=O)NCc3ccc(Cl)cc3)c(=S)c3cc(CN4CCOCC4)cc(c32)O1. The molecule has 3 heterocycles. The van der Waals surface area contributed by atoms with Crippen molar-refractivity contribution in [2.24, 2.45) is 0 Å². The minimum absolute atomic E-state index is 0.0327. The summed E-state index contributed by atoms with van der Waals surface area (Å²) in [6, 6.07) is 11.7. The number of amides is 1. The molecule has 1 amide bonds.